The summed E-state index contributed by atoms with van der Waals surface area (Å²) in [5.41, 5.74) is 0. The molecule has 0 aliphatic heterocycles. The molecule has 0 heterocycles. The number of hydrogen-bond donors (Lipinski definition) is 0. The van der Waals surface area contributed by atoms with Crippen LogP contribution in [-0.2, 0) is 13.6 Å². The fourth-order valence-corrected chi connectivity index (χ4v) is 2.44. The van der Waals surface area contributed by atoms with E-state index in [4.69, 9.17) is 21.9 Å². The Bertz CT molecular complexity index is 322. The van der Waals surface area contributed by atoms with Crippen LogP contribution in [-0.4, -0.2) is 19.4 Å². The average molecular weight is 240 g/mol. The van der Waals surface area contributed by atoms with E-state index in [1.807, 2.05) is 0 Å². The van der Waals surface area contributed by atoms with Gasteiger partial charge < -0.3 is 4.52 Å². The lowest BCUT2D eigenvalue weighted by atomic mass is 10.3. The van der Waals surface area contributed by atoms with Crippen LogP contribution in [0.4, 0.5) is 0 Å². The van der Waals surface area contributed by atoms with Crippen molar-refractivity contribution < 1.29 is 13.6 Å². The van der Waals surface area contributed by atoms with Gasteiger partial charge in [-0.05, 0) is 12.8 Å². The number of rotatable bonds is 9. The third kappa shape index (κ3) is 7.32. The summed E-state index contributed by atoms with van der Waals surface area (Å²) in [6.45, 7) is 3.87. The maximum Gasteiger partial charge on any atom is 0.331 e. The summed E-state index contributed by atoms with van der Waals surface area (Å²) in [5.74, 6) is 4.75. The number of hydrogen-bond acceptors (Lipinski definition) is 3. The molecule has 1 atom stereocenters. The zero-order valence-electron chi connectivity index (χ0n) is 9.35. The van der Waals surface area contributed by atoms with E-state index in [0.29, 0.717) is 32.0 Å². The highest BCUT2D eigenvalue weighted by Gasteiger charge is 2.22. The Morgan fingerprint density at radius 1 is 1.31 bits per heavy atom. The summed E-state index contributed by atoms with van der Waals surface area (Å²) in [6, 6.07) is 0. The summed E-state index contributed by atoms with van der Waals surface area (Å²) >= 11 is 0. The van der Waals surface area contributed by atoms with Crippen LogP contribution in [0.15, 0.2) is 12.7 Å². The molecule has 0 spiro atoms. The topological polar surface area (TPSA) is 35.5 Å². The first-order chi connectivity index (χ1) is 7.68. The normalized spacial score (nSPS) is 13.4. The smallest absolute Gasteiger partial charge is 0.309 e. The molecule has 16 heavy (non-hydrogen) atoms. The highest BCUT2D eigenvalue weighted by molar-refractivity contribution is 7.53. The summed E-state index contributed by atoms with van der Waals surface area (Å²) in [7, 11) is -3.07. The minimum Gasteiger partial charge on any atom is -0.309 e. The van der Waals surface area contributed by atoms with Gasteiger partial charge in [0.25, 0.3) is 0 Å². The van der Waals surface area contributed by atoms with Gasteiger partial charge in [-0.25, -0.2) is 0 Å². The minimum absolute atomic E-state index is 0.0104. The predicted octanol–water partition coefficient (Wildman–Crippen LogP) is 2.84. The Morgan fingerprint density at radius 3 is 2.62 bits per heavy atom. The molecule has 88 valence electrons. The molecular formula is C12H17O3P. The summed E-state index contributed by atoms with van der Waals surface area (Å²) in [5, 5.41) is 0. The fraction of sp³-hybridized carbons (Fsp3) is 0.500. The fourth-order valence-electron chi connectivity index (χ4n) is 0.929. The van der Waals surface area contributed by atoms with Crippen molar-refractivity contribution >= 4 is 7.60 Å². The third-order valence-corrected chi connectivity index (χ3v) is 3.61. The molecule has 0 saturated carbocycles. The van der Waals surface area contributed by atoms with Crippen LogP contribution in [0.5, 0.6) is 0 Å². The largest absolute Gasteiger partial charge is 0.331 e. The molecule has 0 saturated heterocycles. The molecule has 0 rings (SSSR count). The van der Waals surface area contributed by atoms with Gasteiger partial charge in [0.1, 0.15) is 6.61 Å². The number of allylic oxidation sites excluding steroid dienone is 1. The maximum absolute atomic E-state index is 12.1. The van der Waals surface area contributed by atoms with E-state index in [1.54, 1.807) is 6.08 Å². The van der Waals surface area contributed by atoms with E-state index < -0.39 is 7.60 Å². The lowest BCUT2D eigenvalue weighted by Gasteiger charge is -2.16. The van der Waals surface area contributed by atoms with Crippen molar-refractivity contribution in [3.63, 3.8) is 0 Å². The first-order valence-electron chi connectivity index (χ1n) is 5.04. The standard InChI is InChI=1S/C12H17O3P/c1-4-7-9-11-15-16(13,12-8-5-2)14-10-6-3/h1,3,5H,2,7-12H2. The molecule has 0 bridgehead atoms. The van der Waals surface area contributed by atoms with Gasteiger partial charge in [0.2, 0.25) is 0 Å². The van der Waals surface area contributed by atoms with Crippen LogP contribution in [0.1, 0.15) is 19.3 Å². The van der Waals surface area contributed by atoms with Gasteiger partial charge in [0.15, 0.2) is 0 Å². The monoisotopic (exact) mass is 240 g/mol. The molecule has 0 aromatic carbocycles. The van der Waals surface area contributed by atoms with Gasteiger partial charge in [-0.1, -0.05) is 12.0 Å². The second-order valence-electron chi connectivity index (χ2n) is 3.03. The molecule has 0 aromatic heterocycles. The quantitative estimate of drug-likeness (QED) is 0.269. The van der Waals surface area contributed by atoms with E-state index in [-0.39, 0.29) is 6.61 Å². The summed E-state index contributed by atoms with van der Waals surface area (Å²) in [6.07, 6.45) is 13.9. The van der Waals surface area contributed by atoms with Crippen molar-refractivity contribution in [3.8, 4) is 24.7 Å². The van der Waals surface area contributed by atoms with Crippen molar-refractivity contribution in [2.45, 2.75) is 19.3 Å². The molecule has 0 aliphatic carbocycles. The second-order valence-corrected chi connectivity index (χ2v) is 5.22. The first-order valence-corrected chi connectivity index (χ1v) is 6.77. The Balaban J connectivity index is 4.09. The summed E-state index contributed by atoms with van der Waals surface area (Å²) in [4.78, 5) is 0. The van der Waals surface area contributed by atoms with E-state index in [2.05, 4.69) is 18.4 Å². The SMILES string of the molecule is C#CCCCOP(=O)(CCC=C)OCC#C. The second kappa shape index (κ2) is 9.25. The lowest BCUT2D eigenvalue weighted by molar-refractivity contribution is 0.220. The molecule has 0 fully saturated rings. The average Bonchev–Trinajstić information content (AvgIpc) is 2.30. The van der Waals surface area contributed by atoms with Crippen molar-refractivity contribution in [1.29, 1.82) is 0 Å². The summed E-state index contributed by atoms with van der Waals surface area (Å²) < 4.78 is 22.3. The van der Waals surface area contributed by atoms with Gasteiger partial charge in [0.05, 0.1) is 12.8 Å². The van der Waals surface area contributed by atoms with Crippen LogP contribution in [0.25, 0.3) is 0 Å². The van der Waals surface area contributed by atoms with Crippen molar-refractivity contribution in [2.24, 2.45) is 0 Å². The van der Waals surface area contributed by atoms with Crippen LogP contribution >= 0.6 is 7.60 Å². The lowest BCUT2D eigenvalue weighted by Crippen LogP contribution is -2.01. The van der Waals surface area contributed by atoms with Gasteiger partial charge >= 0.3 is 7.60 Å². The molecule has 0 aromatic rings. The molecular weight excluding hydrogens is 223 g/mol. The minimum atomic E-state index is -3.07. The zero-order valence-corrected chi connectivity index (χ0v) is 10.2. The van der Waals surface area contributed by atoms with Gasteiger partial charge in [-0.15, -0.1) is 25.3 Å². The van der Waals surface area contributed by atoms with E-state index in [1.165, 1.54) is 0 Å². The van der Waals surface area contributed by atoms with Gasteiger partial charge in [-0.2, -0.15) is 0 Å². The van der Waals surface area contributed by atoms with E-state index in [0.717, 1.165) is 0 Å². The molecule has 4 heteroatoms. The Kier molecular flexibility index (Phi) is 8.68. The highest BCUT2D eigenvalue weighted by atomic mass is 31.2. The number of terminal acetylenes is 2. The van der Waals surface area contributed by atoms with Crippen molar-refractivity contribution in [2.75, 3.05) is 19.4 Å². The van der Waals surface area contributed by atoms with Gasteiger partial charge in [0, 0.05) is 6.42 Å². The number of unbranched alkanes of at least 4 members (excludes halogenated alkanes) is 1. The van der Waals surface area contributed by atoms with Crippen LogP contribution in [0, 0.1) is 24.7 Å². The Hall–Kier alpha value is -0.990. The zero-order chi connectivity index (χ0) is 12.3. The van der Waals surface area contributed by atoms with Crippen LogP contribution in [0.2, 0.25) is 0 Å². The van der Waals surface area contributed by atoms with E-state index >= 15 is 0 Å². The molecule has 3 nitrogen and oxygen atoms in total. The van der Waals surface area contributed by atoms with Crippen molar-refractivity contribution in [1.82, 2.24) is 0 Å². The Labute approximate surface area is 97.8 Å². The Morgan fingerprint density at radius 2 is 2.06 bits per heavy atom. The molecule has 0 amide bonds. The molecule has 1 unspecified atom stereocenters. The van der Waals surface area contributed by atoms with Crippen molar-refractivity contribution in [3.05, 3.63) is 12.7 Å². The molecule has 0 N–H and O–H groups in total. The van der Waals surface area contributed by atoms with Gasteiger partial charge in [-0.3, -0.25) is 9.09 Å². The predicted molar refractivity (Wildman–Crippen MR) is 66.1 cm³/mol. The highest BCUT2D eigenvalue weighted by Crippen LogP contribution is 2.48. The molecule has 0 radical (unpaired) electrons. The first kappa shape index (κ1) is 15.0. The molecule has 0 aliphatic rings. The third-order valence-electron chi connectivity index (χ3n) is 1.71. The van der Waals surface area contributed by atoms with E-state index in [9.17, 15) is 4.57 Å². The maximum atomic E-state index is 12.1. The van der Waals surface area contributed by atoms with Crippen LogP contribution < -0.4 is 0 Å². The van der Waals surface area contributed by atoms with Crippen LogP contribution in [0.3, 0.4) is 0 Å².